The fraction of sp³-hybridized carbons (Fsp3) is 0.0909. The maximum Gasteiger partial charge on any atom is 0.251 e. The largest absolute Gasteiger partial charge is 0.457 e. The van der Waals surface area contributed by atoms with E-state index in [-0.39, 0.29) is 24.7 Å². The number of carbonyl (C=O) groups excluding carboxylic acids is 2. The summed E-state index contributed by atoms with van der Waals surface area (Å²) >= 11 is 3.35. The lowest BCUT2D eigenvalue weighted by molar-refractivity contribution is 0.0940. The first-order valence-corrected chi connectivity index (χ1v) is 9.31. The van der Waals surface area contributed by atoms with Gasteiger partial charge in [-0.2, -0.15) is 0 Å². The Morgan fingerprint density at radius 3 is 2.22 bits per heavy atom. The number of ether oxygens (including phenoxy) is 1. The first-order chi connectivity index (χ1) is 13.1. The number of hydrogen-bond donors (Lipinski definition) is 1. The second-order valence-corrected chi connectivity index (χ2v) is 6.79. The smallest absolute Gasteiger partial charge is 0.251 e. The SMILES string of the molecule is O=C(CCNC(=O)c1ccc(Oc2ccccc2)cc1)c1cccc(Br)c1. The monoisotopic (exact) mass is 423 g/mol. The maximum atomic E-state index is 12.2. The molecule has 0 spiro atoms. The summed E-state index contributed by atoms with van der Waals surface area (Å²) in [6, 6.07) is 23.5. The molecule has 0 unspecified atom stereocenters. The van der Waals surface area contributed by atoms with Crippen LogP contribution in [0.2, 0.25) is 0 Å². The molecule has 3 aromatic carbocycles. The van der Waals surface area contributed by atoms with Gasteiger partial charge in [-0.1, -0.05) is 46.3 Å². The number of rotatable bonds is 7. The number of hydrogen-bond acceptors (Lipinski definition) is 3. The average molecular weight is 424 g/mol. The van der Waals surface area contributed by atoms with E-state index in [4.69, 9.17) is 4.74 Å². The number of para-hydroxylation sites is 1. The van der Waals surface area contributed by atoms with Crippen molar-refractivity contribution in [2.45, 2.75) is 6.42 Å². The van der Waals surface area contributed by atoms with Crippen LogP contribution >= 0.6 is 15.9 Å². The molecule has 136 valence electrons. The van der Waals surface area contributed by atoms with Crippen LogP contribution in [0.3, 0.4) is 0 Å². The lowest BCUT2D eigenvalue weighted by atomic mass is 10.1. The zero-order valence-corrected chi connectivity index (χ0v) is 16.1. The van der Waals surface area contributed by atoms with Gasteiger partial charge in [0.1, 0.15) is 11.5 Å². The van der Waals surface area contributed by atoms with Crippen molar-refractivity contribution < 1.29 is 14.3 Å². The molecule has 0 radical (unpaired) electrons. The zero-order chi connectivity index (χ0) is 19.1. The van der Waals surface area contributed by atoms with Gasteiger partial charge in [-0.05, 0) is 48.5 Å². The zero-order valence-electron chi connectivity index (χ0n) is 14.5. The number of amides is 1. The van der Waals surface area contributed by atoms with Crippen molar-refractivity contribution in [3.8, 4) is 11.5 Å². The van der Waals surface area contributed by atoms with Gasteiger partial charge in [-0.3, -0.25) is 9.59 Å². The second-order valence-electron chi connectivity index (χ2n) is 5.88. The standard InChI is InChI=1S/C22H18BrNO3/c23-18-6-4-5-17(15-18)21(25)13-14-24-22(26)16-9-11-20(12-10-16)27-19-7-2-1-3-8-19/h1-12,15H,13-14H2,(H,24,26). The highest BCUT2D eigenvalue weighted by atomic mass is 79.9. The second kappa shape index (κ2) is 9.14. The number of Topliss-reactive ketones (excluding diaryl/α,β-unsaturated/α-hetero) is 1. The maximum absolute atomic E-state index is 12.2. The Labute approximate surface area is 166 Å². The topological polar surface area (TPSA) is 55.4 Å². The van der Waals surface area contributed by atoms with Crippen LogP contribution < -0.4 is 10.1 Å². The van der Waals surface area contributed by atoms with E-state index in [0.717, 1.165) is 10.2 Å². The number of ketones is 1. The third kappa shape index (κ3) is 5.53. The molecule has 0 fully saturated rings. The molecule has 5 heteroatoms. The van der Waals surface area contributed by atoms with Crippen LogP contribution in [0.15, 0.2) is 83.3 Å². The Hall–Kier alpha value is -2.92. The fourth-order valence-electron chi connectivity index (χ4n) is 2.50. The highest BCUT2D eigenvalue weighted by Gasteiger charge is 2.09. The van der Waals surface area contributed by atoms with Crippen molar-refractivity contribution in [3.63, 3.8) is 0 Å². The van der Waals surface area contributed by atoms with Gasteiger partial charge < -0.3 is 10.1 Å². The minimum Gasteiger partial charge on any atom is -0.457 e. The van der Waals surface area contributed by atoms with Gasteiger partial charge in [0.2, 0.25) is 0 Å². The van der Waals surface area contributed by atoms with Crippen LogP contribution in [0.5, 0.6) is 11.5 Å². The Morgan fingerprint density at radius 1 is 0.815 bits per heavy atom. The normalized spacial score (nSPS) is 10.3. The summed E-state index contributed by atoms with van der Waals surface area (Å²) in [4.78, 5) is 24.4. The summed E-state index contributed by atoms with van der Waals surface area (Å²) in [6.07, 6.45) is 0.247. The minimum absolute atomic E-state index is 0.0109. The van der Waals surface area contributed by atoms with E-state index < -0.39 is 0 Å². The number of benzene rings is 3. The van der Waals surface area contributed by atoms with Crippen LogP contribution in [0.25, 0.3) is 0 Å². The van der Waals surface area contributed by atoms with Crippen LogP contribution in [0.1, 0.15) is 27.1 Å². The van der Waals surface area contributed by atoms with Crippen LogP contribution in [-0.2, 0) is 0 Å². The van der Waals surface area contributed by atoms with Crippen molar-refractivity contribution in [2.75, 3.05) is 6.54 Å². The molecular formula is C22H18BrNO3. The van der Waals surface area contributed by atoms with E-state index >= 15 is 0 Å². The van der Waals surface area contributed by atoms with Crippen molar-refractivity contribution >= 4 is 27.6 Å². The summed E-state index contributed by atoms with van der Waals surface area (Å²) in [5, 5.41) is 2.77. The molecule has 0 aliphatic carbocycles. The van der Waals surface area contributed by atoms with E-state index in [2.05, 4.69) is 21.2 Å². The summed E-state index contributed by atoms with van der Waals surface area (Å²) < 4.78 is 6.56. The molecule has 0 saturated heterocycles. The number of nitrogens with one attached hydrogen (secondary N) is 1. The molecule has 4 nitrogen and oxygen atoms in total. The molecule has 1 amide bonds. The number of halogens is 1. The summed E-state index contributed by atoms with van der Waals surface area (Å²) in [5.74, 6) is 1.16. The highest BCUT2D eigenvalue weighted by Crippen LogP contribution is 2.21. The van der Waals surface area contributed by atoms with Crippen molar-refractivity contribution in [1.29, 1.82) is 0 Å². The van der Waals surface area contributed by atoms with Crippen LogP contribution in [0, 0.1) is 0 Å². The molecule has 0 aliphatic heterocycles. The van der Waals surface area contributed by atoms with Crippen molar-refractivity contribution in [3.05, 3.63) is 94.5 Å². The molecule has 0 bridgehead atoms. The van der Waals surface area contributed by atoms with Gasteiger partial charge in [0.15, 0.2) is 5.78 Å². The molecule has 3 rings (SSSR count). The number of carbonyl (C=O) groups is 2. The molecule has 27 heavy (non-hydrogen) atoms. The van der Waals surface area contributed by atoms with Gasteiger partial charge in [-0.25, -0.2) is 0 Å². The van der Waals surface area contributed by atoms with E-state index in [1.54, 1.807) is 36.4 Å². The Morgan fingerprint density at radius 2 is 1.52 bits per heavy atom. The van der Waals surface area contributed by atoms with Crippen LogP contribution in [-0.4, -0.2) is 18.2 Å². The van der Waals surface area contributed by atoms with Crippen molar-refractivity contribution in [2.24, 2.45) is 0 Å². The van der Waals surface area contributed by atoms with Gasteiger partial charge in [-0.15, -0.1) is 0 Å². The highest BCUT2D eigenvalue weighted by molar-refractivity contribution is 9.10. The van der Waals surface area contributed by atoms with Gasteiger partial charge in [0.05, 0.1) is 0 Å². The van der Waals surface area contributed by atoms with Gasteiger partial charge in [0, 0.05) is 28.6 Å². The Bertz CT molecular complexity index is 924. The molecular weight excluding hydrogens is 406 g/mol. The summed E-state index contributed by atoms with van der Waals surface area (Å²) in [7, 11) is 0. The third-order valence-corrected chi connectivity index (χ3v) is 4.37. The Kier molecular flexibility index (Phi) is 6.39. The molecule has 1 N–H and O–H groups in total. The quantitative estimate of drug-likeness (QED) is 0.528. The predicted octanol–water partition coefficient (Wildman–Crippen LogP) is 5.24. The summed E-state index contributed by atoms with van der Waals surface area (Å²) in [5.41, 5.74) is 1.14. The lowest BCUT2D eigenvalue weighted by Crippen LogP contribution is -2.26. The third-order valence-electron chi connectivity index (χ3n) is 3.88. The molecule has 0 saturated carbocycles. The molecule has 3 aromatic rings. The van der Waals surface area contributed by atoms with Crippen molar-refractivity contribution in [1.82, 2.24) is 5.32 Å². The lowest BCUT2D eigenvalue weighted by Gasteiger charge is -2.08. The van der Waals surface area contributed by atoms with E-state index in [9.17, 15) is 9.59 Å². The van der Waals surface area contributed by atoms with Gasteiger partial charge in [0.25, 0.3) is 5.91 Å². The van der Waals surface area contributed by atoms with Crippen LogP contribution in [0.4, 0.5) is 0 Å². The molecule has 0 heterocycles. The Balaban J connectivity index is 1.50. The fourth-order valence-corrected chi connectivity index (χ4v) is 2.90. The van der Waals surface area contributed by atoms with E-state index in [0.29, 0.717) is 16.9 Å². The molecule has 0 atom stereocenters. The van der Waals surface area contributed by atoms with E-state index in [1.807, 2.05) is 42.5 Å². The van der Waals surface area contributed by atoms with Gasteiger partial charge >= 0.3 is 0 Å². The minimum atomic E-state index is -0.219. The molecule has 0 aliphatic rings. The van der Waals surface area contributed by atoms with E-state index in [1.165, 1.54) is 0 Å². The average Bonchev–Trinajstić information content (AvgIpc) is 2.69. The first kappa shape index (κ1) is 18.9. The molecule has 0 aromatic heterocycles. The predicted molar refractivity (Wildman–Crippen MR) is 108 cm³/mol. The summed E-state index contributed by atoms with van der Waals surface area (Å²) in [6.45, 7) is 0.284. The first-order valence-electron chi connectivity index (χ1n) is 8.52.